The third kappa shape index (κ3) is 2.42. The Morgan fingerprint density at radius 1 is 1.57 bits per heavy atom. The zero-order valence-corrected chi connectivity index (χ0v) is 9.19. The first-order valence-corrected chi connectivity index (χ1v) is 4.75. The first kappa shape index (κ1) is 10.9. The van der Waals surface area contributed by atoms with Crippen LogP contribution < -0.4 is 10.1 Å². The van der Waals surface area contributed by atoms with Crippen molar-refractivity contribution in [3.63, 3.8) is 0 Å². The number of hydrogen-bond donors (Lipinski definition) is 1. The van der Waals surface area contributed by atoms with Gasteiger partial charge >= 0.3 is 0 Å². The molecule has 1 aromatic rings. The molecule has 0 aliphatic heterocycles. The molecule has 1 N–H and O–H groups in total. The van der Waals surface area contributed by atoms with Crippen molar-refractivity contribution in [2.45, 2.75) is 6.92 Å². The van der Waals surface area contributed by atoms with Gasteiger partial charge in [-0.2, -0.15) is 0 Å². The topological polar surface area (TPSA) is 21.3 Å². The summed E-state index contributed by atoms with van der Waals surface area (Å²) in [7, 11) is 1.63. The van der Waals surface area contributed by atoms with Crippen LogP contribution in [0.15, 0.2) is 24.8 Å². The van der Waals surface area contributed by atoms with E-state index in [1.807, 2.05) is 19.1 Å². The quantitative estimate of drug-likeness (QED) is 0.772. The summed E-state index contributed by atoms with van der Waals surface area (Å²) in [6.07, 6.45) is 1.79. The van der Waals surface area contributed by atoms with Gasteiger partial charge in [0.1, 0.15) is 5.75 Å². The lowest BCUT2D eigenvalue weighted by molar-refractivity contribution is 0.412. The van der Waals surface area contributed by atoms with E-state index in [2.05, 4.69) is 11.9 Å². The minimum atomic E-state index is 0.661. The first-order chi connectivity index (χ1) is 6.69. The summed E-state index contributed by atoms with van der Waals surface area (Å²) in [5, 5.41) is 3.81. The summed E-state index contributed by atoms with van der Waals surface area (Å²) in [4.78, 5) is 0. The Bertz CT molecular complexity index is 336. The Balaban J connectivity index is 2.96. The van der Waals surface area contributed by atoms with E-state index in [1.54, 1.807) is 13.2 Å². The SMILES string of the molecule is C=CCNc1cc(C)c(OC)cc1Cl. The molecule has 0 spiro atoms. The van der Waals surface area contributed by atoms with Gasteiger partial charge in [-0.15, -0.1) is 6.58 Å². The smallest absolute Gasteiger partial charge is 0.123 e. The average molecular weight is 212 g/mol. The Morgan fingerprint density at radius 2 is 2.29 bits per heavy atom. The number of benzene rings is 1. The molecule has 0 atom stereocenters. The molecule has 0 aliphatic rings. The normalized spacial score (nSPS) is 9.64. The largest absolute Gasteiger partial charge is 0.496 e. The van der Waals surface area contributed by atoms with E-state index in [4.69, 9.17) is 16.3 Å². The Kier molecular flexibility index (Phi) is 3.84. The standard InChI is InChI=1S/C11H14ClNO/c1-4-5-13-10-6-8(2)11(14-3)7-9(10)12/h4,6-7,13H,1,5H2,2-3H3. The van der Waals surface area contributed by atoms with Crippen LogP contribution >= 0.6 is 11.6 Å². The Labute approximate surface area is 89.5 Å². The maximum absolute atomic E-state index is 6.04. The molecule has 0 bridgehead atoms. The summed E-state index contributed by atoms with van der Waals surface area (Å²) in [5.74, 6) is 0.805. The first-order valence-electron chi connectivity index (χ1n) is 4.38. The lowest BCUT2D eigenvalue weighted by atomic mass is 10.2. The molecule has 14 heavy (non-hydrogen) atoms. The molecule has 1 aromatic carbocycles. The van der Waals surface area contributed by atoms with Crippen LogP contribution in [0.4, 0.5) is 5.69 Å². The van der Waals surface area contributed by atoms with E-state index in [1.165, 1.54) is 0 Å². The average Bonchev–Trinajstić information content (AvgIpc) is 2.18. The van der Waals surface area contributed by atoms with Gasteiger partial charge in [-0.25, -0.2) is 0 Å². The summed E-state index contributed by atoms with van der Waals surface area (Å²) in [6, 6.07) is 3.77. The van der Waals surface area contributed by atoms with Gasteiger partial charge in [-0.05, 0) is 18.6 Å². The van der Waals surface area contributed by atoms with Crippen LogP contribution in [-0.4, -0.2) is 13.7 Å². The van der Waals surface area contributed by atoms with Crippen LogP contribution in [0, 0.1) is 6.92 Å². The van der Waals surface area contributed by atoms with Gasteiger partial charge in [-0.3, -0.25) is 0 Å². The summed E-state index contributed by atoms with van der Waals surface area (Å²) in [5.41, 5.74) is 1.97. The molecule has 0 saturated carbocycles. The Hall–Kier alpha value is -1.15. The second-order valence-electron chi connectivity index (χ2n) is 2.97. The predicted molar refractivity (Wildman–Crippen MR) is 61.4 cm³/mol. The van der Waals surface area contributed by atoms with Gasteiger partial charge in [0, 0.05) is 12.6 Å². The highest BCUT2D eigenvalue weighted by Gasteiger charge is 2.04. The van der Waals surface area contributed by atoms with Crippen molar-refractivity contribution in [1.29, 1.82) is 0 Å². The summed E-state index contributed by atoms with van der Waals surface area (Å²) in [6.45, 7) is 6.31. The summed E-state index contributed by atoms with van der Waals surface area (Å²) >= 11 is 6.04. The monoisotopic (exact) mass is 211 g/mol. The fraction of sp³-hybridized carbons (Fsp3) is 0.273. The molecule has 0 saturated heterocycles. The van der Waals surface area contributed by atoms with Gasteiger partial charge in [0.2, 0.25) is 0 Å². The van der Waals surface area contributed by atoms with Crippen molar-refractivity contribution >= 4 is 17.3 Å². The second kappa shape index (κ2) is 4.91. The molecule has 0 radical (unpaired) electrons. The van der Waals surface area contributed by atoms with Crippen molar-refractivity contribution < 1.29 is 4.74 Å². The van der Waals surface area contributed by atoms with E-state index in [-0.39, 0.29) is 0 Å². The number of rotatable bonds is 4. The molecule has 3 heteroatoms. The maximum atomic E-state index is 6.04. The van der Waals surface area contributed by atoms with Gasteiger partial charge in [0.25, 0.3) is 0 Å². The zero-order chi connectivity index (χ0) is 10.6. The fourth-order valence-corrected chi connectivity index (χ4v) is 1.42. The van der Waals surface area contributed by atoms with E-state index in [0.29, 0.717) is 11.6 Å². The van der Waals surface area contributed by atoms with Crippen molar-refractivity contribution in [2.24, 2.45) is 0 Å². The van der Waals surface area contributed by atoms with Crippen molar-refractivity contribution in [3.8, 4) is 5.75 Å². The van der Waals surface area contributed by atoms with Crippen LogP contribution in [0.2, 0.25) is 5.02 Å². The highest BCUT2D eigenvalue weighted by Crippen LogP contribution is 2.30. The molecule has 0 amide bonds. The molecule has 0 fully saturated rings. The third-order valence-electron chi connectivity index (χ3n) is 1.92. The van der Waals surface area contributed by atoms with Gasteiger partial charge < -0.3 is 10.1 Å². The highest BCUT2D eigenvalue weighted by molar-refractivity contribution is 6.33. The predicted octanol–water partition coefficient (Wildman–Crippen LogP) is 3.25. The number of ether oxygens (including phenoxy) is 1. The van der Waals surface area contributed by atoms with E-state index < -0.39 is 0 Å². The fourth-order valence-electron chi connectivity index (χ4n) is 1.20. The van der Waals surface area contributed by atoms with Crippen LogP contribution in [0.1, 0.15) is 5.56 Å². The van der Waals surface area contributed by atoms with Gasteiger partial charge in [0.15, 0.2) is 0 Å². The molecule has 0 aromatic heterocycles. The van der Waals surface area contributed by atoms with Crippen LogP contribution in [0.25, 0.3) is 0 Å². The molecule has 0 aliphatic carbocycles. The number of hydrogen-bond acceptors (Lipinski definition) is 2. The van der Waals surface area contributed by atoms with E-state index in [0.717, 1.165) is 17.0 Å². The van der Waals surface area contributed by atoms with Crippen molar-refractivity contribution in [3.05, 3.63) is 35.4 Å². The van der Waals surface area contributed by atoms with Gasteiger partial charge in [0.05, 0.1) is 17.8 Å². The second-order valence-corrected chi connectivity index (χ2v) is 3.38. The summed E-state index contributed by atoms with van der Waals surface area (Å²) < 4.78 is 5.15. The number of anilines is 1. The lowest BCUT2D eigenvalue weighted by Crippen LogP contribution is -1.99. The molecule has 0 heterocycles. The van der Waals surface area contributed by atoms with E-state index >= 15 is 0 Å². The number of methoxy groups -OCH3 is 1. The lowest BCUT2D eigenvalue weighted by Gasteiger charge is -2.10. The highest BCUT2D eigenvalue weighted by atomic mass is 35.5. The zero-order valence-electron chi connectivity index (χ0n) is 8.43. The number of aryl methyl sites for hydroxylation is 1. The minimum Gasteiger partial charge on any atom is -0.496 e. The molecule has 2 nitrogen and oxygen atoms in total. The van der Waals surface area contributed by atoms with Crippen LogP contribution in [0.5, 0.6) is 5.75 Å². The van der Waals surface area contributed by atoms with Crippen molar-refractivity contribution in [1.82, 2.24) is 0 Å². The number of nitrogens with one attached hydrogen (secondary N) is 1. The third-order valence-corrected chi connectivity index (χ3v) is 2.23. The van der Waals surface area contributed by atoms with Gasteiger partial charge in [-0.1, -0.05) is 17.7 Å². The molecule has 0 unspecified atom stereocenters. The van der Waals surface area contributed by atoms with E-state index in [9.17, 15) is 0 Å². The molecular weight excluding hydrogens is 198 g/mol. The molecular formula is C11H14ClNO. The minimum absolute atomic E-state index is 0.661. The molecule has 1 rings (SSSR count). The Morgan fingerprint density at radius 3 is 2.86 bits per heavy atom. The van der Waals surface area contributed by atoms with Crippen molar-refractivity contribution in [2.75, 3.05) is 19.0 Å². The van der Waals surface area contributed by atoms with Crippen LogP contribution in [0.3, 0.4) is 0 Å². The van der Waals surface area contributed by atoms with Crippen LogP contribution in [-0.2, 0) is 0 Å². The molecule has 76 valence electrons. The number of halogens is 1. The maximum Gasteiger partial charge on any atom is 0.123 e.